The summed E-state index contributed by atoms with van der Waals surface area (Å²) in [4.78, 5) is 17.9. The summed E-state index contributed by atoms with van der Waals surface area (Å²) in [5, 5.41) is 1.77. The van der Waals surface area contributed by atoms with Crippen LogP contribution in [-0.4, -0.2) is 37.3 Å². The summed E-state index contributed by atoms with van der Waals surface area (Å²) in [6, 6.07) is 7.47. The van der Waals surface area contributed by atoms with Gasteiger partial charge in [-0.2, -0.15) is 0 Å². The molecule has 6 rings (SSSR count). The van der Waals surface area contributed by atoms with E-state index in [1.54, 1.807) is 0 Å². The molecule has 1 N–H and O–H groups in total. The second kappa shape index (κ2) is 9.81. The highest BCUT2D eigenvalue weighted by Gasteiger charge is 2.30. The van der Waals surface area contributed by atoms with Gasteiger partial charge in [-0.15, -0.1) is 0 Å². The monoisotopic (exact) mass is 541 g/mol. The van der Waals surface area contributed by atoms with Crippen LogP contribution in [0.15, 0.2) is 48.7 Å². The largest absolute Gasteiger partial charge is 0.489 e. The highest BCUT2D eigenvalue weighted by molar-refractivity contribution is 6.04. The molecule has 0 aliphatic carbocycles. The molecular weight excluding hydrogens is 521 g/mol. The van der Waals surface area contributed by atoms with E-state index in [0.717, 1.165) is 6.07 Å². The van der Waals surface area contributed by atoms with Crippen molar-refractivity contribution in [2.45, 2.75) is 12.3 Å². The second-order valence-electron chi connectivity index (χ2n) is 9.27. The zero-order valence-electron chi connectivity index (χ0n) is 20.2. The Bertz CT molecular complexity index is 1620. The maximum Gasteiger partial charge on any atom is 0.271 e. The number of aromatic nitrogens is 1. The second-order valence-corrected chi connectivity index (χ2v) is 9.27. The lowest BCUT2D eigenvalue weighted by molar-refractivity contribution is 0.0943. The smallest absolute Gasteiger partial charge is 0.271 e. The maximum absolute atomic E-state index is 15.1. The van der Waals surface area contributed by atoms with Crippen molar-refractivity contribution in [1.29, 1.82) is 0 Å². The Hall–Kier alpha value is -4.25. The van der Waals surface area contributed by atoms with Crippen molar-refractivity contribution < 1.29 is 36.2 Å². The zero-order valence-corrected chi connectivity index (χ0v) is 20.2. The summed E-state index contributed by atoms with van der Waals surface area (Å²) in [7, 11) is 0. The first-order valence-corrected chi connectivity index (χ1v) is 12.2. The zero-order chi connectivity index (χ0) is 27.3. The van der Waals surface area contributed by atoms with Crippen LogP contribution < -0.4 is 15.2 Å². The molecule has 0 spiro atoms. The molecule has 200 valence electrons. The molecule has 1 unspecified atom stereocenters. The number of halogens is 5. The van der Waals surface area contributed by atoms with Gasteiger partial charge in [0.1, 0.15) is 35.5 Å². The number of benzene rings is 3. The van der Waals surface area contributed by atoms with Crippen LogP contribution in [0.25, 0.3) is 22.0 Å². The SMILES string of the molecule is O=C(NN1CCOc2ccc(F)cc21)c1cnc2c(-c3cc(F)cc(F)c3F)c(F)ccc2c1C1CCOC1. The van der Waals surface area contributed by atoms with Gasteiger partial charge in [0.2, 0.25) is 0 Å². The summed E-state index contributed by atoms with van der Waals surface area (Å²) in [5.74, 6) is -5.88. The molecule has 1 fully saturated rings. The molecule has 1 atom stereocenters. The fraction of sp³-hybridized carbons (Fsp3) is 0.214. The Labute approximate surface area is 218 Å². The van der Waals surface area contributed by atoms with E-state index in [9.17, 15) is 22.4 Å². The molecule has 1 amide bonds. The number of hydrogen-bond acceptors (Lipinski definition) is 5. The predicted molar refractivity (Wildman–Crippen MR) is 132 cm³/mol. The van der Waals surface area contributed by atoms with E-state index < -0.39 is 46.1 Å². The average Bonchev–Trinajstić information content (AvgIpc) is 3.45. The third-order valence-corrected chi connectivity index (χ3v) is 6.90. The summed E-state index contributed by atoms with van der Waals surface area (Å²) < 4.78 is 82.9. The number of hydrazine groups is 1. The van der Waals surface area contributed by atoms with Gasteiger partial charge >= 0.3 is 0 Å². The fourth-order valence-electron chi connectivity index (χ4n) is 5.13. The Morgan fingerprint density at radius 2 is 1.82 bits per heavy atom. The van der Waals surface area contributed by atoms with Gasteiger partial charge in [-0.05, 0) is 42.3 Å². The van der Waals surface area contributed by atoms with E-state index in [0.29, 0.717) is 47.5 Å². The number of amides is 1. The minimum Gasteiger partial charge on any atom is -0.489 e. The maximum atomic E-state index is 15.1. The molecule has 39 heavy (non-hydrogen) atoms. The summed E-state index contributed by atoms with van der Waals surface area (Å²) in [6.07, 6.45) is 1.76. The number of anilines is 1. The topological polar surface area (TPSA) is 63.7 Å². The van der Waals surface area contributed by atoms with Gasteiger partial charge < -0.3 is 9.47 Å². The van der Waals surface area contributed by atoms with E-state index in [4.69, 9.17) is 9.47 Å². The Morgan fingerprint density at radius 1 is 0.974 bits per heavy atom. The number of fused-ring (bicyclic) bond motifs is 2. The van der Waals surface area contributed by atoms with Gasteiger partial charge in [0.25, 0.3) is 5.91 Å². The van der Waals surface area contributed by atoms with Crippen LogP contribution in [0.3, 0.4) is 0 Å². The van der Waals surface area contributed by atoms with Crippen LogP contribution in [0.1, 0.15) is 28.3 Å². The van der Waals surface area contributed by atoms with Crippen molar-refractivity contribution in [3.8, 4) is 16.9 Å². The molecule has 3 heterocycles. The lowest BCUT2D eigenvalue weighted by atomic mass is 9.88. The molecule has 0 radical (unpaired) electrons. The van der Waals surface area contributed by atoms with E-state index in [2.05, 4.69) is 10.4 Å². The Morgan fingerprint density at radius 3 is 2.62 bits per heavy atom. The Balaban J connectivity index is 1.49. The van der Waals surface area contributed by atoms with Gasteiger partial charge in [-0.3, -0.25) is 20.2 Å². The quantitative estimate of drug-likeness (QED) is 0.268. The van der Waals surface area contributed by atoms with Crippen molar-refractivity contribution in [2.75, 3.05) is 31.4 Å². The number of nitrogens with zero attached hydrogens (tertiary/aromatic N) is 2. The molecule has 2 aliphatic rings. The first kappa shape index (κ1) is 25.1. The average molecular weight is 541 g/mol. The normalized spacial score (nSPS) is 16.7. The lowest BCUT2D eigenvalue weighted by Crippen LogP contribution is -2.47. The van der Waals surface area contributed by atoms with Crippen molar-refractivity contribution in [3.05, 3.63) is 88.9 Å². The van der Waals surface area contributed by atoms with Crippen LogP contribution in [0.5, 0.6) is 5.75 Å². The molecule has 1 saturated heterocycles. The molecule has 1 aromatic heterocycles. The summed E-state index contributed by atoms with van der Waals surface area (Å²) >= 11 is 0. The van der Waals surface area contributed by atoms with Crippen molar-refractivity contribution in [1.82, 2.24) is 10.4 Å². The standard InChI is InChI=1S/C28H20F5N3O3/c29-15-1-4-23-22(11-15)36(6-8-39-23)35-28(37)19-12-34-27-17(24(19)14-5-7-38-13-14)2-3-20(31)25(27)18-9-16(30)10-21(32)26(18)33/h1-4,9-12,14H,5-8,13H2,(H,35,37). The fourth-order valence-corrected chi connectivity index (χ4v) is 5.13. The van der Waals surface area contributed by atoms with E-state index in [1.165, 1.54) is 35.5 Å². The van der Waals surface area contributed by atoms with Gasteiger partial charge in [0.05, 0.1) is 24.2 Å². The lowest BCUT2D eigenvalue weighted by Gasteiger charge is -2.31. The predicted octanol–water partition coefficient (Wildman–Crippen LogP) is 5.65. The molecule has 2 aliphatic heterocycles. The number of nitrogens with one attached hydrogen (secondary N) is 1. The molecular formula is C28H20F5N3O3. The highest BCUT2D eigenvalue weighted by Crippen LogP contribution is 2.39. The van der Waals surface area contributed by atoms with Crippen molar-refractivity contribution in [3.63, 3.8) is 0 Å². The van der Waals surface area contributed by atoms with Crippen LogP contribution >= 0.6 is 0 Å². The van der Waals surface area contributed by atoms with Crippen molar-refractivity contribution in [2.24, 2.45) is 0 Å². The van der Waals surface area contributed by atoms with Gasteiger partial charge in [-0.25, -0.2) is 22.0 Å². The number of hydrogen-bond donors (Lipinski definition) is 1. The number of ether oxygens (including phenoxy) is 2. The third-order valence-electron chi connectivity index (χ3n) is 6.90. The summed E-state index contributed by atoms with van der Waals surface area (Å²) in [6.45, 7) is 1.17. The van der Waals surface area contributed by atoms with Crippen molar-refractivity contribution >= 4 is 22.5 Å². The van der Waals surface area contributed by atoms with E-state index in [1.807, 2.05) is 0 Å². The first-order valence-electron chi connectivity index (χ1n) is 12.2. The molecule has 0 bridgehead atoms. The minimum atomic E-state index is -1.47. The third kappa shape index (κ3) is 4.42. The highest BCUT2D eigenvalue weighted by atomic mass is 19.2. The Kier molecular flexibility index (Phi) is 6.30. The number of pyridine rings is 1. The van der Waals surface area contributed by atoms with Gasteiger partial charge in [0.15, 0.2) is 11.6 Å². The van der Waals surface area contributed by atoms with Crippen LogP contribution in [0, 0.1) is 29.1 Å². The molecule has 11 heteroatoms. The molecule has 0 saturated carbocycles. The van der Waals surface area contributed by atoms with Gasteiger partial charge in [0, 0.05) is 47.4 Å². The van der Waals surface area contributed by atoms with Gasteiger partial charge in [-0.1, -0.05) is 0 Å². The molecule has 6 nitrogen and oxygen atoms in total. The number of rotatable bonds is 4. The van der Waals surface area contributed by atoms with E-state index in [-0.39, 0.29) is 36.8 Å². The minimum absolute atomic E-state index is 0.0591. The first-order chi connectivity index (χ1) is 18.8. The van der Waals surface area contributed by atoms with Crippen LogP contribution in [-0.2, 0) is 4.74 Å². The van der Waals surface area contributed by atoms with E-state index >= 15 is 4.39 Å². The van der Waals surface area contributed by atoms with Crippen LogP contribution in [0.4, 0.5) is 27.6 Å². The molecule has 4 aromatic rings. The number of carbonyl (C=O) groups excluding carboxylic acids is 1. The number of carbonyl (C=O) groups is 1. The summed E-state index contributed by atoms with van der Waals surface area (Å²) in [5.41, 5.74) is 2.61. The van der Waals surface area contributed by atoms with Crippen LogP contribution in [0.2, 0.25) is 0 Å². The molecule has 3 aromatic carbocycles.